The van der Waals surface area contributed by atoms with Gasteiger partial charge in [0.15, 0.2) is 0 Å². The number of hydrogen-bond acceptors (Lipinski definition) is 4. The number of morpholine rings is 1. The molecular weight excluding hydrogens is 268 g/mol. The van der Waals surface area contributed by atoms with E-state index in [2.05, 4.69) is 4.90 Å². The normalized spacial score (nSPS) is 16.5. The van der Waals surface area contributed by atoms with E-state index >= 15 is 0 Å². The first kappa shape index (κ1) is 14.2. The zero-order chi connectivity index (χ0) is 13.7. The van der Waals surface area contributed by atoms with Gasteiger partial charge >= 0.3 is 0 Å². The molecule has 0 N–H and O–H groups in total. The van der Waals surface area contributed by atoms with Crippen molar-refractivity contribution in [3.63, 3.8) is 0 Å². The summed E-state index contributed by atoms with van der Waals surface area (Å²) < 4.78 is 5.28. The largest absolute Gasteiger partial charge is 0.379 e. The third-order valence-electron chi connectivity index (χ3n) is 3.30. The Hall–Kier alpha value is -1.17. The molecule has 19 heavy (non-hydrogen) atoms. The molecule has 1 aromatic rings. The van der Waals surface area contributed by atoms with Gasteiger partial charge in [0, 0.05) is 24.7 Å². The van der Waals surface area contributed by atoms with Gasteiger partial charge in [-0.15, -0.1) is 0 Å². The summed E-state index contributed by atoms with van der Waals surface area (Å²) in [5.41, 5.74) is 0.761. The van der Waals surface area contributed by atoms with Crippen LogP contribution in [0, 0.1) is 10.1 Å². The minimum atomic E-state index is -0.365. The van der Waals surface area contributed by atoms with Crippen molar-refractivity contribution in [1.29, 1.82) is 0 Å². The summed E-state index contributed by atoms with van der Waals surface area (Å²) in [6.45, 7) is 4.33. The fourth-order valence-corrected chi connectivity index (χ4v) is 2.53. The molecular formula is C13H17ClN2O3. The summed E-state index contributed by atoms with van der Waals surface area (Å²) in [6.07, 6.45) is 1.50. The standard InChI is InChI=1S/C13H17ClN2O3/c14-12-4-1-5-13(16(17)18)11(12)3-2-6-15-7-9-19-10-8-15/h1,4-5H,2-3,6-10H2. The Kier molecular flexibility index (Phi) is 5.13. The fraction of sp³-hybridized carbons (Fsp3) is 0.538. The Labute approximate surface area is 117 Å². The summed E-state index contributed by atoms with van der Waals surface area (Å²) in [5.74, 6) is 0. The second kappa shape index (κ2) is 6.84. The van der Waals surface area contributed by atoms with Gasteiger partial charge in [0.1, 0.15) is 0 Å². The van der Waals surface area contributed by atoms with E-state index in [0.29, 0.717) is 17.0 Å². The predicted octanol–water partition coefficient (Wildman–Crippen LogP) is 2.51. The van der Waals surface area contributed by atoms with Crippen molar-refractivity contribution in [1.82, 2.24) is 4.90 Å². The van der Waals surface area contributed by atoms with E-state index in [1.165, 1.54) is 6.07 Å². The molecule has 0 radical (unpaired) electrons. The van der Waals surface area contributed by atoms with Gasteiger partial charge in [-0.05, 0) is 25.5 Å². The minimum absolute atomic E-state index is 0.120. The smallest absolute Gasteiger partial charge is 0.274 e. The highest BCUT2D eigenvalue weighted by Crippen LogP contribution is 2.27. The average Bonchev–Trinajstić information content (AvgIpc) is 2.41. The van der Waals surface area contributed by atoms with Crippen molar-refractivity contribution in [3.05, 3.63) is 38.9 Å². The van der Waals surface area contributed by atoms with Crippen molar-refractivity contribution in [2.24, 2.45) is 0 Å². The van der Waals surface area contributed by atoms with Gasteiger partial charge in [-0.1, -0.05) is 17.7 Å². The van der Waals surface area contributed by atoms with Crippen molar-refractivity contribution < 1.29 is 9.66 Å². The van der Waals surface area contributed by atoms with Crippen LogP contribution in [-0.4, -0.2) is 42.7 Å². The first-order chi connectivity index (χ1) is 9.18. The Morgan fingerprint density at radius 2 is 2.11 bits per heavy atom. The molecule has 0 aliphatic carbocycles. The van der Waals surface area contributed by atoms with Gasteiger partial charge in [0.05, 0.1) is 23.2 Å². The van der Waals surface area contributed by atoms with Crippen LogP contribution in [0.15, 0.2) is 18.2 Å². The van der Waals surface area contributed by atoms with Crippen LogP contribution in [0.25, 0.3) is 0 Å². The van der Waals surface area contributed by atoms with Crippen molar-refractivity contribution in [3.8, 4) is 0 Å². The Morgan fingerprint density at radius 3 is 2.79 bits per heavy atom. The SMILES string of the molecule is O=[N+]([O-])c1cccc(Cl)c1CCCN1CCOCC1. The molecule has 1 aliphatic rings. The summed E-state index contributed by atoms with van der Waals surface area (Å²) in [4.78, 5) is 12.9. The number of nitro groups is 1. The first-order valence-corrected chi connectivity index (χ1v) is 6.78. The Morgan fingerprint density at radius 1 is 1.37 bits per heavy atom. The lowest BCUT2D eigenvalue weighted by Crippen LogP contribution is -2.36. The molecule has 0 saturated carbocycles. The Bertz CT molecular complexity index is 448. The number of ether oxygens (including phenoxy) is 1. The van der Waals surface area contributed by atoms with Gasteiger partial charge in [-0.2, -0.15) is 0 Å². The van der Waals surface area contributed by atoms with E-state index in [0.717, 1.165) is 39.3 Å². The molecule has 0 spiro atoms. The van der Waals surface area contributed by atoms with Gasteiger partial charge in [0.25, 0.3) is 5.69 Å². The molecule has 0 aromatic heterocycles. The second-order valence-electron chi connectivity index (χ2n) is 4.55. The molecule has 1 fully saturated rings. The number of nitrogens with zero attached hydrogens (tertiary/aromatic N) is 2. The third-order valence-corrected chi connectivity index (χ3v) is 3.65. The summed E-state index contributed by atoms with van der Waals surface area (Å²) in [7, 11) is 0. The van der Waals surface area contributed by atoms with Gasteiger partial charge in [0.2, 0.25) is 0 Å². The molecule has 0 amide bonds. The lowest BCUT2D eigenvalue weighted by molar-refractivity contribution is -0.385. The maximum atomic E-state index is 11.0. The van der Waals surface area contributed by atoms with Crippen molar-refractivity contribution in [2.45, 2.75) is 12.8 Å². The van der Waals surface area contributed by atoms with Gasteiger partial charge in [-0.3, -0.25) is 15.0 Å². The zero-order valence-electron chi connectivity index (χ0n) is 10.7. The lowest BCUT2D eigenvalue weighted by atomic mass is 10.1. The van der Waals surface area contributed by atoms with E-state index in [1.54, 1.807) is 12.1 Å². The van der Waals surface area contributed by atoms with Gasteiger partial charge in [-0.25, -0.2) is 0 Å². The highest BCUT2D eigenvalue weighted by molar-refractivity contribution is 6.31. The highest BCUT2D eigenvalue weighted by Gasteiger charge is 2.17. The highest BCUT2D eigenvalue weighted by atomic mass is 35.5. The number of hydrogen-bond donors (Lipinski definition) is 0. The van der Waals surface area contributed by atoms with Crippen LogP contribution in [0.5, 0.6) is 0 Å². The van der Waals surface area contributed by atoms with Crippen LogP contribution in [-0.2, 0) is 11.2 Å². The topological polar surface area (TPSA) is 55.6 Å². The van der Waals surface area contributed by atoms with Crippen LogP contribution < -0.4 is 0 Å². The van der Waals surface area contributed by atoms with E-state index in [-0.39, 0.29) is 10.6 Å². The number of rotatable bonds is 5. The van der Waals surface area contributed by atoms with Crippen molar-refractivity contribution >= 4 is 17.3 Å². The van der Waals surface area contributed by atoms with E-state index in [1.807, 2.05) is 0 Å². The number of nitro benzene ring substituents is 1. The summed E-state index contributed by atoms with van der Waals surface area (Å²) in [6, 6.07) is 4.83. The molecule has 0 bridgehead atoms. The number of benzene rings is 1. The van der Waals surface area contributed by atoms with Gasteiger partial charge < -0.3 is 4.74 Å². The quantitative estimate of drug-likeness (QED) is 0.616. The first-order valence-electron chi connectivity index (χ1n) is 6.40. The fourth-order valence-electron chi connectivity index (χ4n) is 2.27. The second-order valence-corrected chi connectivity index (χ2v) is 4.96. The molecule has 1 saturated heterocycles. The van der Waals surface area contributed by atoms with Crippen LogP contribution in [0.4, 0.5) is 5.69 Å². The molecule has 1 aliphatic heterocycles. The van der Waals surface area contributed by atoms with Crippen LogP contribution in [0.3, 0.4) is 0 Å². The Balaban J connectivity index is 1.93. The maximum Gasteiger partial charge on any atom is 0.274 e. The molecule has 0 atom stereocenters. The molecule has 5 nitrogen and oxygen atoms in total. The molecule has 6 heteroatoms. The summed E-state index contributed by atoms with van der Waals surface area (Å²) >= 11 is 6.06. The number of halogens is 1. The molecule has 1 aromatic carbocycles. The third kappa shape index (κ3) is 3.89. The molecule has 0 unspecified atom stereocenters. The average molecular weight is 285 g/mol. The van der Waals surface area contributed by atoms with E-state index < -0.39 is 0 Å². The van der Waals surface area contributed by atoms with Crippen LogP contribution in [0.1, 0.15) is 12.0 Å². The molecule has 104 valence electrons. The van der Waals surface area contributed by atoms with Crippen molar-refractivity contribution in [2.75, 3.05) is 32.8 Å². The monoisotopic (exact) mass is 284 g/mol. The van der Waals surface area contributed by atoms with E-state index in [4.69, 9.17) is 16.3 Å². The van der Waals surface area contributed by atoms with Crippen LogP contribution in [0.2, 0.25) is 5.02 Å². The molecule has 1 heterocycles. The van der Waals surface area contributed by atoms with E-state index in [9.17, 15) is 10.1 Å². The zero-order valence-corrected chi connectivity index (χ0v) is 11.4. The predicted molar refractivity (Wildman–Crippen MR) is 73.7 cm³/mol. The maximum absolute atomic E-state index is 11.0. The summed E-state index contributed by atoms with van der Waals surface area (Å²) in [5, 5.41) is 11.4. The lowest BCUT2D eigenvalue weighted by Gasteiger charge is -2.26. The molecule has 2 rings (SSSR count). The van der Waals surface area contributed by atoms with Crippen LogP contribution >= 0.6 is 11.6 Å². The minimum Gasteiger partial charge on any atom is -0.379 e.